The first kappa shape index (κ1) is 15.4. The van der Waals surface area contributed by atoms with Gasteiger partial charge in [-0.25, -0.2) is 0 Å². The third kappa shape index (κ3) is 3.75. The first-order valence-corrected chi connectivity index (χ1v) is 7.32. The minimum absolute atomic E-state index is 0.181. The highest BCUT2D eigenvalue weighted by atomic mass is 19.4. The molecule has 3 atom stereocenters. The molecule has 0 spiro atoms. The summed E-state index contributed by atoms with van der Waals surface area (Å²) in [4.78, 5) is 0. The van der Waals surface area contributed by atoms with Gasteiger partial charge in [0.05, 0.1) is 5.56 Å². The molecule has 20 heavy (non-hydrogen) atoms. The van der Waals surface area contributed by atoms with Crippen molar-refractivity contribution >= 4 is 0 Å². The monoisotopic (exact) mass is 285 g/mol. The molecule has 1 aromatic rings. The average Bonchev–Trinajstić information content (AvgIpc) is 2.41. The highest BCUT2D eigenvalue weighted by Gasteiger charge is 2.31. The lowest BCUT2D eigenvalue weighted by Gasteiger charge is -2.34. The summed E-state index contributed by atoms with van der Waals surface area (Å²) in [6.07, 6.45) is 1.00. The van der Waals surface area contributed by atoms with Crippen molar-refractivity contribution in [3.05, 3.63) is 35.4 Å². The Labute approximate surface area is 118 Å². The van der Waals surface area contributed by atoms with Crippen molar-refractivity contribution < 1.29 is 13.2 Å². The SMILES string of the molecule is CCC1CCC(N)C(Cc2ccc(C(F)(F)F)cc2)C1. The van der Waals surface area contributed by atoms with Gasteiger partial charge in [0.15, 0.2) is 0 Å². The third-order valence-corrected chi connectivity index (χ3v) is 4.51. The van der Waals surface area contributed by atoms with Gasteiger partial charge in [-0.05, 0) is 55.2 Å². The van der Waals surface area contributed by atoms with E-state index in [1.54, 1.807) is 12.1 Å². The second kappa shape index (κ2) is 6.17. The molecule has 0 heterocycles. The van der Waals surface area contributed by atoms with Gasteiger partial charge in [-0.2, -0.15) is 13.2 Å². The first-order chi connectivity index (χ1) is 9.40. The molecule has 0 saturated heterocycles. The zero-order valence-electron chi connectivity index (χ0n) is 11.8. The van der Waals surface area contributed by atoms with Crippen LogP contribution in [0.25, 0.3) is 0 Å². The Bertz CT molecular complexity index is 424. The van der Waals surface area contributed by atoms with Crippen LogP contribution in [0.2, 0.25) is 0 Å². The van der Waals surface area contributed by atoms with E-state index in [1.165, 1.54) is 18.6 Å². The summed E-state index contributed by atoms with van der Waals surface area (Å²) in [6, 6.07) is 5.69. The summed E-state index contributed by atoms with van der Waals surface area (Å²) in [6.45, 7) is 2.19. The van der Waals surface area contributed by atoms with Crippen LogP contribution < -0.4 is 5.73 Å². The smallest absolute Gasteiger partial charge is 0.327 e. The van der Waals surface area contributed by atoms with Crippen molar-refractivity contribution in [2.24, 2.45) is 17.6 Å². The molecular formula is C16H22F3N. The fourth-order valence-corrected chi connectivity index (χ4v) is 3.12. The predicted molar refractivity (Wildman–Crippen MR) is 74.2 cm³/mol. The van der Waals surface area contributed by atoms with Gasteiger partial charge in [-0.1, -0.05) is 25.5 Å². The zero-order valence-corrected chi connectivity index (χ0v) is 11.8. The van der Waals surface area contributed by atoms with Crippen LogP contribution in [0.5, 0.6) is 0 Å². The number of benzene rings is 1. The highest BCUT2D eigenvalue weighted by molar-refractivity contribution is 5.25. The largest absolute Gasteiger partial charge is 0.416 e. The lowest BCUT2D eigenvalue weighted by Crippen LogP contribution is -2.37. The fourth-order valence-electron chi connectivity index (χ4n) is 3.12. The molecule has 2 N–H and O–H groups in total. The van der Waals surface area contributed by atoms with Crippen molar-refractivity contribution in [1.82, 2.24) is 0 Å². The first-order valence-electron chi connectivity index (χ1n) is 7.32. The van der Waals surface area contributed by atoms with Gasteiger partial charge in [0.25, 0.3) is 0 Å². The van der Waals surface area contributed by atoms with Gasteiger partial charge in [-0.15, -0.1) is 0 Å². The van der Waals surface area contributed by atoms with Gasteiger partial charge in [-0.3, -0.25) is 0 Å². The van der Waals surface area contributed by atoms with E-state index in [9.17, 15) is 13.2 Å². The quantitative estimate of drug-likeness (QED) is 0.875. The van der Waals surface area contributed by atoms with E-state index in [-0.39, 0.29) is 6.04 Å². The van der Waals surface area contributed by atoms with Crippen molar-refractivity contribution in [2.45, 2.75) is 51.2 Å². The molecule has 0 aromatic heterocycles. The van der Waals surface area contributed by atoms with E-state index in [4.69, 9.17) is 5.73 Å². The number of hydrogen-bond donors (Lipinski definition) is 1. The summed E-state index contributed by atoms with van der Waals surface area (Å²) in [5.41, 5.74) is 6.53. The van der Waals surface area contributed by atoms with Crippen LogP contribution in [0.15, 0.2) is 24.3 Å². The Morgan fingerprint density at radius 2 is 1.80 bits per heavy atom. The molecule has 1 nitrogen and oxygen atoms in total. The summed E-state index contributed by atoms with van der Waals surface area (Å²) in [7, 11) is 0. The van der Waals surface area contributed by atoms with Gasteiger partial charge in [0, 0.05) is 6.04 Å². The highest BCUT2D eigenvalue weighted by Crippen LogP contribution is 2.33. The van der Waals surface area contributed by atoms with Gasteiger partial charge in [0.1, 0.15) is 0 Å². The molecule has 4 heteroatoms. The van der Waals surface area contributed by atoms with E-state index in [0.29, 0.717) is 11.8 Å². The second-order valence-corrected chi connectivity index (χ2v) is 5.91. The Hall–Kier alpha value is -1.03. The standard InChI is InChI=1S/C16H22F3N/c1-2-11-5-8-15(20)13(9-11)10-12-3-6-14(7-4-12)16(17,18)19/h3-4,6-7,11,13,15H,2,5,8-10,20H2,1H3. The number of alkyl halides is 3. The normalized spacial score (nSPS) is 27.6. The van der Waals surface area contributed by atoms with Crippen molar-refractivity contribution in [3.8, 4) is 0 Å². The van der Waals surface area contributed by atoms with Crippen LogP contribution in [-0.2, 0) is 12.6 Å². The van der Waals surface area contributed by atoms with E-state index in [2.05, 4.69) is 6.92 Å². The number of hydrogen-bond acceptors (Lipinski definition) is 1. The van der Waals surface area contributed by atoms with Crippen molar-refractivity contribution in [3.63, 3.8) is 0 Å². The minimum atomic E-state index is -4.26. The number of halogens is 3. The van der Waals surface area contributed by atoms with Crippen LogP contribution in [0.4, 0.5) is 13.2 Å². The summed E-state index contributed by atoms with van der Waals surface area (Å²) < 4.78 is 37.6. The van der Waals surface area contributed by atoms with Crippen LogP contribution in [0, 0.1) is 11.8 Å². The van der Waals surface area contributed by atoms with Gasteiger partial charge in [0.2, 0.25) is 0 Å². The Morgan fingerprint density at radius 3 is 2.35 bits per heavy atom. The Balaban J connectivity index is 2.02. The van der Waals surface area contributed by atoms with Crippen LogP contribution in [0.1, 0.15) is 43.7 Å². The topological polar surface area (TPSA) is 26.0 Å². The van der Waals surface area contributed by atoms with E-state index in [1.807, 2.05) is 0 Å². The van der Waals surface area contributed by atoms with Crippen molar-refractivity contribution in [2.75, 3.05) is 0 Å². The lowest BCUT2D eigenvalue weighted by molar-refractivity contribution is -0.137. The lowest BCUT2D eigenvalue weighted by atomic mass is 9.75. The second-order valence-electron chi connectivity index (χ2n) is 5.91. The third-order valence-electron chi connectivity index (χ3n) is 4.51. The fraction of sp³-hybridized carbons (Fsp3) is 0.625. The Kier molecular flexibility index (Phi) is 4.74. The predicted octanol–water partition coefficient (Wildman–Crippen LogP) is 4.40. The number of nitrogens with two attached hydrogens (primary N) is 1. The molecule has 0 aliphatic heterocycles. The van der Waals surface area contributed by atoms with Gasteiger partial charge < -0.3 is 5.73 Å². The maximum absolute atomic E-state index is 12.5. The molecule has 112 valence electrons. The van der Waals surface area contributed by atoms with Gasteiger partial charge >= 0.3 is 6.18 Å². The maximum atomic E-state index is 12.5. The average molecular weight is 285 g/mol. The minimum Gasteiger partial charge on any atom is -0.327 e. The molecule has 1 saturated carbocycles. The number of rotatable bonds is 3. The molecule has 0 bridgehead atoms. The summed E-state index contributed by atoms with van der Waals surface area (Å²) in [5.74, 6) is 1.11. The molecule has 1 aliphatic carbocycles. The maximum Gasteiger partial charge on any atom is 0.416 e. The molecule has 0 amide bonds. The molecule has 1 aromatic carbocycles. The molecule has 3 unspecified atom stereocenters. The van der Waals surface area contributed by atoms with E-state index in [0.717, 1.165) is 31.2 Å². The Morgan fingerprint density at radius 1 is 1.15 bits per heavy atom. The molecule has 0 radical (unpaired) electrons. The van der Waals surface area contributed by atoms with E-state index < -0.39 is 11.7 Å². The van der Waals surface area contributed by atoms with Crippen LogP contribution in [0.3, 0.4) is 0 Å². The molecular weight excluding hydrogens is 263 g/mol. The molecule has 1 aliphatic rings. The van der Waals surface area contributed by atoms with Crippen molar-refractivity contribution in [1.29, 1.82) is 0 Å². The summed E-state index contributed by atoms with van der Waals surface area (Å²) >= 11 is 0. The molecule has 2 rings (SSSR count). The molecule has 1 fully saturated rings. The zero-order chi connectivity index (χ0) is 14.8. The summed E-state index contributed by atoms with van der Waals surface area (Å²) in [5, 5.41) is 0. The van der Waals surface area contributed by atoms with Crippen LogP contribution >= 0.6 is 0 Å². The van der Waals surface area contributed by atoms with Crippen LogP contribution in [-0.4, -0.2) is 6.04 Å². The van der Waals surface area contributed by atoms with E-state index >= 15 is 0 Å².